The minimum absolute atomic E-state index is 0.114. The number of rotatable bonds is 4. The second-order valence-corrected chi connectivity index (χ2v) is 3.21. The largest absolute Gasteiger partial charge is 0.464 e. The average molecular weight is 293 g/mol. The third-order valence-electron chi connectivity index (χ3n) is 1.34. The summed E-state index contributed by atoms with van der Waals surface area (Å²) in [6.07, 6.45) is 2.29. The van der Waals surface area contributed by atoms with Gasteiger partial charge < -0.3 is 9.47 Å². The van der Waals surface area contributed by atoms with Crippen LogP contribution < -0.4 is 4.74 Å². The van der Waals surface area contributed by atoms with E-state index in [1.807, 2.05) is 22.6 Å². The van der Waals surface area contributed by atoms with Crippen LogP contribution in [0.3, 0.4) is 0 Å². The molecule has 1 rings (SSSR count). The van der Waals surface area contributed by atoms with Gasteiger partial charge in [-0.1, -0.05) is 0 Å². The number of methoxy groups -OCH3 is 1. The Kier molecular flexibility index (Phi) is 4.10. The van der Waals surface area contributed by atoms with Gasteiger partial charge in [-0.25, -0.2) is 4.98 Å². The van der Waals surface area contributed by atoms with Crippen molar-refractivity contribution in [1.82, 2.24) is 4.98 Å². The monoisotopic (exact) mass is 293 g/mol. The third-order valence-corrected chi connectivity index (χ3v) is 2.11. The van der Waals surface area contributed by atoms with Crippen molar-refractivity contribution in [3.05, 3.63) is 21.5 Å². The molecule has 0 saturated heterocycles. The van der Waals surface area contributed by atoms with Crippen LogP contribution in [-0.4, -0.2) is 25.2 Å². The van der Waals surface area contributed by atoms with E-state index in [2.05, 4.69) is 4.98 Å². The van der Waals surface area contributed by atoms with E-state index in [-0.39, 0.29) is 6.79 Å². The Labute approximate surface area is 89.4 Å². The van der Waals surface area contributed by atoms with E-state index in [1.54, 1.807) is 12.3 Å². The van der Waals surface area contributed by atoms with E-state index in [0.29, 0.717) is 15.0 Å². The molecule has 0 unspecified atom stereocenters. The molecule has 1 aromatic heterocycles. The Bertz CT molecular complexity index is 303. The van der Waals surface area contributed by atoms with Crippen LogP contribution in [0.1, 0.15) is 10.4 Å². The third kappa shape index (κ3) is 2.63. The van der Waals surface area contributed by atoms with E-state index in [1.165, 1.54) is 7.11 Å². The zero-order chi connectivity index (χ0) is 9.68. The number of pyridine rings is 1. The molecule has 0 N–H and O–H groups in total. The second-order valence-electron chi connectivity index (χ2n) is 2.19. The van der Waals surface area contributed by atoms with E-state index in [4.69, 9.17) is 9.47 Å². The van der Waals surface area contributed by atoms with Crippen LogP contribution in [-0.2, 0) is 4.74 Å². The van der Waals surface area contributed by atoms with Crippen molar-refractivity contribution >= 4 is 28.9 Å². The van der Waals surface area contributed by atoms with Crippen molar-refractivity contribution in [2.24, 2.45) is 0 Å². The van der Waals surface area contributed by atoms with E-state index >= 15 is 0 Å². The number of ether oxygens (including phenoxy) is 2. The zero-order valence-corrected chi connectivity index (χ0v) is 9.15. The van der Waals surface area contributed by atoms with Gasteiger partial charge in [-0.15, -0.1) is 0 Å². The molecule has 5 heteroatoms. The Hall–Kier alpha value is -0.690. The predicted molar refractivity (Wildman–Crippen MR) is 54.8 cm³/mol. The predicted octanol–water partition coefficient (Wildman–Crippen LogP) is 1.48. The maximum absolute atomic E-state index is 10.6. The van der Waals surface area contributed by atoms with Crippen LogP contribution in [0.4, 0.5) is 0 Å². The standard InChI is InChI=1S/C8H8INO3/c1-12-5-13-7-6(4-11)2-3-10-8(7)9/h2-4H,5H2,1H3. The molecule has 0 aromatic carbocycles. The summed E-state index contributed by atoms with van der Waals surface area (Å²) in [7, 11) is 1.52. The Balaban J connectivity index is 2.93. The molecule has 0 aliphatic rings. The van der Waals surface area contributed by atoms with Crippen molar-refractivity contribution < 1.29 is 14.3 Å². The smallest absolute Gasteiger partial charge is 0.188 e. The van der Waals surface area contributed by atoms with E-state index in [9.17, 15) is 4.79 Å². The van der Waals surface area contributed by atoms with Gasteiger partial charge >= 0.3 is 0 Å². The highest BCUT2D eigenvalue weighted by molar-refractivity contribution is 14.1. The van der Waals surface area contributed by atoms with Crippen molar-refractivity contribution in [1.29, 1.82) is 0 Å². The number of aromatic nitrogens is 1. The summed E-state index contributed by atoms with van der Waals surface area (Å²) in [5.41, 5.74) is 0.483. The van der Waals surface area contributed by atoms with Crippen LogP contribution in [0.15, 0.2) is 12.3 Å². The van der Waals surface area contributed by atoms with Crippen LogP contribution in [0.25, 0.3) is 0 Å². The van der Waals surface area contributed by atoms with E-state index in [0.717, 1.165) is 6.29 Å². The van der Waals surface area contributed by atoms with Gasteiger partial charge in [0.15, 0.2) is 18.8 Å². The molecule has 70 valence electrons. The maximum Gasteiger partial charge on any atom is 0.188 e. The van der Waals surface area contributed by atoms with Crippen LogP contribution in [0.2, 0.25) is 0 Å². The Morgan fingerprint density at radius 2 is 2.46 bits per heavy atom. The van der Waals surface area contributed by atoms with Gasteiger partial charge in [-0.2, -0.15) is 0 Å². The molecule has 0 amide bonds. The molecule has 13 heavy (non-hydrogen) atoms. The quantitative estimate of drug-likeness (QED) is 0.365. The van der Waals surface area contributed by atoms with Gasteiger partial charge in [0.05, 0.1) is 5.56 Å². The van der Waals surface area contributed by atoms with Gasteiger partial charge in [0.25, 0.3) is 0 Å². The molecule has 0 radical (unpaired) electrons. The van der Waals surface area contributed by atoms with Crippen molar-refractivity contribution in [2.45, 2.75) is 0 Å². The first-order chi connectivity index (χ1) is 6.29. The molecule has 0 bridgehead atoms. The van der Waals surface area contributed by atoms with Gasteiger partial charge in [0.1, 0.15) is 3.70 Å². The number of hydrogen-bond donors (Lipinski definition) is 0. The normalized spacial score (nSPS) is 9.69. The van der Waals surface area contributed by atoms with Crippen LogP contribution in [0.5, 0.6) is 5.75 Å². The fourth-order valence-electron chi connectivity index (χ4n) is 0.790. The first-order valence-electron chi connectivity index (χ1n) is 3.51. The number of aldehydes is 1. The molecule has 0 aliphatic carbocycles. The highest BCUT2D eigenvalue weighted by atomic mass is 127. The fourth-order valence-corrected chi connectivity index (χ4v) is 1.42. The summed E-state index contributed by atoms with van der Waals surface area (Å²) in [5, 5.41) is 0. The highest BCUT2D eigenvalue weighted by Gasteiger charge is 2.07. The van der Waals surface area contributed by atoms with Gasteiger partial charge in [-0.3, -0.25) is 4.79 Å². The molecule has 0 atom stereocenters. The maximum atomic E-state index is 10.6. The summed E-state index contributed by atoms with van der Waals surface area (Å²) in [4.78, 5) is 14.6. The lowest BCUT2D eigenvalue weighted by atomic mass is 10.3. The summed E-state index contributed by atoms with van der Waals surface area (Å²) >= 11 is 2.00. The fraction of sp³-hybridized carbons (Fsp3) is 0.250. The van der Waals surface area contributed by atoms with Crippen LogP contribution >= 0.6 is 22.6 Å². The van der Waals surface area contributed by atoms with Gasteiger partial charge in [-0.05, 0) is 28.7 Å². The summed E-state index contributed by atoms with van der Waals surface area (Å²) in [5.74, 6) is 0.472. The van der Waals surface area contributed by atoms with Crippen molar-refractivity contribution in [2.75, 3.05) is 13.9 Å². The Morgan fingerprint density at radius 3 is 3.08 bits per heavy atom. The zero-order valence-electron chi connectivity index (χ0n) is 6.99. The number of hydrogen-bond acceptors (Lipinski definition) is 4. The number of halogens is 1. The molecule has 0 aliphatic heterocycles. The van der Waals surface area contributed by atoms with Crippen molar-refractivity contribution in [3.63, 3.8) is 0 Å². The number of nitrogens with zero attached hydrogens (tertiary/aromatic N) is 1. The van der Waals surface area contributed by atoms with Crippen LogP contribution in [0, 0.1) is 3.70 Å². The molecule has 1 heterocycles. The lowest BCUT2D eigenvalue weighted by molar-refractivity contribution is 0.0496. The molecular weight excluding hydrogens is 285 g/mol. The average Bonchev–Trinajstić information content (AvgIpc) is 2.15. The summed E-state index contributed by atoms with van der Waals surface area (Å²) in [6, 6.07) is 1.60. The molecular formula is C8H8INO3. The SMILES string of the molecule is COCOc1c(C=O)ccnc1I. The number of carbonyl (C=O) groups excluding carboxylic acids is 1. The summed E-state index contributed by atoms with van der Waals surface area (Å²) < 4.78 is 10.6. The number of carbonyl (C=O) groups is 1. The lowest BCUT2D eigenvalue weighted by Gasteiger charge is -2.07. The molecule has 0 saturated carbocycles. The molecule has 0 fully saturated rings. The van der Waals surface area contributed by atoms with E-state index < -0.39 is 0 Å². The second kappa shape index (κ2) is 5.13. The minimum atomic E-state index is 0.114. The molecule has 1 aromatic rings. The molecule has 0 spiro atoms. The lowest BCUT2D eigenvalue weighted by Crippen LogP contribution is -2.04. The topological polar surface area (TPSA) is 48.4 Å². The van der Waals surface area contributed by atoms with Crippen molar-refractivity contribution in [3.8, 4) is 5.75 Å². The minimum Gasteiger partial charge on any atom is -0.464 e. The highest BCUT2D eigenvalue weighted by Crippen LogP contribution is 2.21. The Morgan fingerprint density at radius 1 is 1.69 bits per heavy atom. The molecule has 4 nitrogen and oxygen atoms in total. The van der Waals surface area contributed by atoms with Gasteiger partial charge in [0.2, 0.25) is 0 Å². The van der Waals surface area contributed by atoms with Gasteiger partial charge in [0, 0.05) is 13.3 Å². The first kappa shape index (κ1) is 10.4. The first-order valence-corrected chi connectivity index (χ1v) is 4.59. The summed E-state index contributed by atoms with van der Waals surface area (Å²) in [6.45, 7) is 0.114.